The van der Waals surface area contributed by atoms with Crippen LogP contribution in [-0.4, -0.2) is 29.3 Å². The van der Waals surface area contributed by atoms with Gasteiger partial charge in [0, 0.05) is 23.7 Å². The lowest BCUT2D eigenvalue weighted by Crippen LogP contribution is -2.31. The number of allylic oxidation sites excluding steroid dienone is 1. The summed E-state index contributed by atoms with van der Waals surface area (Å²) in [4.78, 5) is 10.2. The fourth-order valence-electron chi connectivity index (χ4n) is 2.81. The molecule has 0 spiro atoms. The van der Waals surface area contributed by atoms with Gasteiger partial charge in [-0.1, -0.05) is 18.2 Å². The summed E-state index contributed by atoms with van der Waals surface area (Å²) in [5, 5.41) is 1.37. The Kier molecular flexibility index (Phi) is 1.72. The van der Waals surface area contributed by atoms with Gasteiger partial charge in [0.15, 0.2) is 0 Å². The van der Waals surface area contributed by atoms with Crippen molar-refractivity contribution in [3.05, 3.63) is 41.6 Å². The summed E-state index contributed by atoms with van der Waals surface area (Å²) in [5.41, 5.74) is 5.27. The molecular formula is C14H13N3. The van der Waals surface area contributed by atoms with Crippen molar-refractivity contribution >= 4 is 22.8 Å². The lowest BCUT2D eigenvalue weighted by Gasteiger charge is -2.31. The van der Waals surface area contributed by atoms with Gasteiger partial charge in [-0.2, -0.15) is 0 Å². The van der Waals surface area contributed by atoms with Gasteiger partial charge in [-0.25, -0.2) is 0 Å². The quantitative estimate of drug-likeness (QED) is 0.730. The lowest BCUT2D eigenvalue weighted by atomic mass is 10.0. The Morgan fingerprint density at radius 1 is 1.24 bits per heavy atom. The third-order valence-corrected chi connectivity index (χ3v) is 3.63. The van der Waals surface area contributed by atoms with Crippen molar-refractivity contribution in [1.82, 2.24) is 9.88 Å². The third kappa shape index (κ3) is 1.19. The topological polar surface area (TPSA) is 31.4 Å². The van der Waals surface area contributed by atoms with Crippen molar-refractivity contribution in [2.75, 3.05) is 13.2 Å². The lowest BCUT2D eigenvalue weighted by molar-refractivity contribution is 0.400. The highest BCUT2D eigenvalue weighted by atomic mass is 15.2. The summed E-state index contributed by atoms with van der Waals surface area (Å²) in [6.45, 7) is 1.86. The first kappa shape index (κ1) is 9.05. The van der Waals surface area contributed by atoms with Crippen LogP contribution >= 0.6 is 0 Å². The van der Waals surface area contributed by atoms with Crippen LogP contribution in [0, 0.1) is 0 Å². The number of aliphatic imine (C=N–C) groups is 1. The van der Waals surface area contributed by atoms with Gasteiger partial charge in [-0.05, 0) is 24.1 Å². The molecule has 2 aliphatic heterocycles. The highest BCUT2D eigenvalue weighted by molar-refractivity contribution is 5.93. The summed E-state index contributed by atoms with van der Waals surface area (Å²) in [5.74, 6) is 0. The Labute approximate surface area is 99.5 Å². The first-order chi connectivity index (χ1) is 8.43. The number of nitrogens with zero attached hydrogens (tertiary/aromatic N) is 2. The van der Waals surface area contributed by atoms with Gasteiger partial charge < -0.3 is 9.88 Å². The highest BCUT2D eigenvalue weighted by Gasteiger charge is 2.24. The molecule has 0 fully saturated rings. The molecule has 0 bridgehead atoms. The second-order valence-corrected chi connectivity index (χ2v) is 4.56. The zero-order chi connectivity index (χ0) is 11.2. The number of nitrogens with one attached hydrogen (secondary N) is 1. The van der Waals surface area contributed by atoms with E-state index >= 15 is 0 Å². The normalized spacial score (nSPS) is 17.9. The molecule has 0 aliphatic carbocycles. The molecule has 17 heavy (non-hydrogen) atoms. The van der Waals surface area contributed by atoms with Crippen LogP contribution in [0.2, 0.25) is 0 Å². The standard InChI is InChI=1S/C14H13N3/c1-2-4-12-10(3-1)11-6-8-17-9-15-7-5-13(17)14(11)16-12/h1-5,7,16H,6,8-9H2. The molecule has 1 aromatic carbocycles. The van der Waals surface area contributed by atoms with Crippen LogP contribution in [0.1, 0.15) is 11.3 Å². The molecule has 84 valence electrons. The van der Waals surface area contributed by atoms with Crippen LogP contribution in [0.5, 0.6) is 0 Å². The SMILES string of the molecule is C1=NCN2CCc3c([nH]c4ccccc34)C2=C1. The molecule has 3 nitrogen and oxygen atoms in total. The smallest absolute Gasteiger partial charge is 0.110 e. The Hall–Kier alpha value is -2.03. The molecule has 0 saturated carbocycles. The Balaban J connectivity index is 2.01. The van der Waals surface area contributed by atoms with Crippen LogP contribution in [0.15, 0.2) is 35.3 Å². The van der Waals surface area contributed by atoms with E-state index in [4.69, 9.17) is 0 Å². The number of H-pyrrole nitrogens is 1. The molecule has 3 heteroatoms. The van der Waals surface area contributed by atoms with E-state index in [1.54, 1.807) is 0 Å². The summed E-state index contributed by atoms with van der Waals surface area (Å²) >= 11 is 0. The third-order valence-electron chi connectivity index (χ3n) is 3.63. The first-order valence-corrected chi connectivity index (χ1v) is 5.98. The average Bonchev–Trinajstić information content (AvgIpc) is 2.78. The monoisotopic (exact) mass is 223 g/mol. The molecule has 4 rings (SSSR count). The van der Waals surface area contributed by atoms with Crippen molar-refractivity contribution in [3.63, 3.8) is 0 Å². The zero-order valence-corrected chi connectivity index (χ0v) is 9.48. The number of fused-ring (bicyclic) bond motifs is 5. The minimum atomic E-state index is 0.792. The van der Waals surface area contributed by atoms with E-state index in [9.17, 15) is 0 Å². The Bertz CT molecular complexity index is 649. The summed E-state index contributed by atoms with van der Waals surface area (Å²) in [6.07, 6.45) is 5.12. The van der Waals surface area contributed by atoms with Gasteiger partial charge in [0.25, 0.3) is 0 Å². The number of aromatic amines is 1. The van der Waals surface area contributed by atoms with Gasteiger partial charge in [0.05, 0.1) is 11.4 Å². The summed E-state index contributed by atoms with van der Waals surface area (Å²) in [7, 11) is 0. The van der Waals surface area contributed by atoms with E-state index in [2.05, 4.69) is 45.2 Å². The van der Waals surface area contributed by atoms with E-state index in [1.165, 1.54) is 27.9 Å². The number of aromatic nitrogens is 1. The van der Waals surface area contributed by atoms with E-state index < -0.39 is 0 Å². The fourth-order valence-corrected chi connectivity index (χ4v) is 2.81. The first-order valence-electron chi connectivity index (χ1n) is 5.98. The maximum Gasteiger partial charge on any atom is 0.110 e. The van der Waals surface area contributed by atoms with Gasteiger partial charge in [-0.15, -0.1) is 0 Å². The van der Waals surface area contributed by atoms with Gasteiger partial charge >= 0.3 is 0 Å². The van der Waals surface area contributed by atoms with Crippen LogP contribution in [-0.2, 0) is 6.42 Å². The number of hydrogen-bond acceptors (Lipinski definition) is 2. The number of benzene rings is 1. The molecule has 0 atom stereocenters. The highest BCUT2D eigenvalue weighted by Crippen LogP contribution is 2.34. The molecule has 1 aromatic heterocycles. The Morgan fingerprint density at radius 2 is 2.18 bits per heavy atom. The molecule has 0 amide bonds. The van der Waals surface area contributed by atoms with Crippen LogP contribution in [0.25, 0.3) is 16.6 Å². The maximum absolute atomic E-state index is 4.30. The van der Waals surface area contributed by atoms with Crippen molar-refractivity contribution in [2.45, 2.75) is 6.42 Å². The number of para-hydroxylation sites is 1. The van der Waals surface area contributed by atoms with Crippen LogP contribution in [0.4, 0.5) is 0 Å². The molecule has 0 saturated heterocycles. The Morgan fingerprint density at radius 3 is 3.18 bits per heavy atom. The van der Waals surface area contributed by atoms with Crippen LogP contribution in [0.3, 0.4) is 0 Å². The van der Waals surface area contributed by atoms with Crippen molar-refractivity contribution in [1.29, 1.82) is 0 Å². The second-order valence-electron chi connectivity index (χ2n) is 4.56. The predicted molar refractivity (Wildman–Crippen MR) is 70.0 cm³/mol. The maximum atomic E-state index is 4.30. The molecule has 2 aliphatic rings. The van der Waals surface area contributed by atoms with Gasteiger partial charge in [0.2, 0.25) is 0 Å². The molecule has 2 aromatic rings. The molecule has 0 unspecified atom stereocenters. The minimum absolute atomic E-state index is 0.792. The summed E-state index contributed by atoms with van der Waals surface area (Å²) < 4.78 is 0. The predicted octanol–water partition coefficient (Wildman–Crippen LogP) is 2.41. The second kappa shape index (κ2) is 3.23. The minimum Gasteiger partial charge on any atom is -0.353 e. The largest absolute Gasteiger partial charge is 0.353 e. The average molecular weight is 223 g/mol. The number of hydrogen-bond donors (Lipinski definition) is 1. The van der Waals surface area contributed by atoms with E-state index in [1.807, 2.05) is 6.21 Å². The van der Waals surface area contributed by atoms with E-state index in [-0.39, 0.29) is 0 Å². The van der Waals surface area contributed by atoms with Crippen molar-refractivity contribution in [2.24, 2.45) is 4.99 Å². The summed E-state index contributed by atoms with van der Waals surface area (Å²) in [6, 6.07) is 8.55. The van der Waals surface area contributed by atoms with E-state index in [0.717, 1.165) is 19.6 Å². The van der Waals surface area contributed by atoms with E-state index in [0.29, 0.717) is 0 Å². The zero-order valence-electron chi connectivity index (χ0n) is 9.48. The van der Waals surface area contributed by atoms with Gasteiger partial charge in [0.1, 0.15) is 6.67 Å². The number of rotatable bonds is 0. The fraction of sp³-hybridized carbons (Fsp3) is 0.214. The van der Waals surface area contributed by atoms with Crippen LogP contribution < -0.4 is 0 Å². The molecular weight excluding hydrogens is 210 g/mol. The van der Waals surface area contributed by atoms with Crippen molar-refractivity contribution < 1.29 is 0 Å². The molecule has 1 N–H and O–H groups in total. The van der Waals surface area contributed by atoms with Crippen molar-refractivity contribution in [3.8, 4) is 0 Å². The van der Waals surface area contributed by atoms with Gasteiger partial charge in [-0.3, -0.25) is 4.99 Å². The molecule has 3 heterocycles. The molecule has 0 radical (unpaired) electrons.